The van der Waals surface area contributed by atoms with Crippen LogP contribution in [0.2, 0.25) is 10.0 Å². The standard InChI is InChI=1S/C26H15Cl2F3N2O/c27-15-6-8-16(19(28)11-15)13-4-7-17-22(10-13)33(12-14-5-9-20(29)25(31)24(14)30)21-3-1-2-18(23(17)21)26(32)34/h1-11H,12H2,(H2,32,34). The van der Waals surface area contributed by atoms with Crippen LogP contribution in [0.5, 0.6) is 0 Å². The van der Waals surface area contributed by atoms with Gasteiger partial charge in [-0.3, -0.25) is 4.79 Å². The molecule has 0 aliphatic rings. The van der Waals surface area contributed by atoms with Gasteiger partial charge in [0.25, 0.3) is 0 Å². The molecule has 8 heteroatoms. The van der Waals surface area contributed by atoms with Gasteiger partial charge in [0.15, 0.2) is 17.5 Å². The quantitative estimate of drug-likeness (QED) is 0.259. The summed E-state index contributed by atoms with van der Waals surface area (Å²) >= 11 is 12.4. The van der Waals surface area contributed by atoms with E-state index in [4.69, 9.17) is 28.9 Å². The van der Waals surface area contributed by atoms with E-state index in [0.29, 0.717) is 37.4 Å². The van der Waals surface area contributed by atoms with E-state index in [0.717, 1.165) is 17.2 Å². The topological polar surface area (TPSA) is 48.0 Å². The molecule has 34 heavy (non-hydrogen) atoms. The van der Waals surface area contributed by atoms with Crippen LogP contribution in [0.1, 0.15) is 15.9 Å². The van der Waals surface area contributed by atoms with Crippen molar-refractivity contribution in [2.75, 3.05) is 0 Å². The summed E-state index contributed by atoms with van der Waals surface area (Å²) in [5, 5.41) is 2.21. The number of amides is 1. The van der Waals surface area contributed by atoms with Crippen LogP contribution in [-0.2, 0) is 6.54 Å². The van der Waals surface area contributed by atoms with Crippen molar-refractivity contribution < 1.29 is 18.0 Å². The lowest BCUT2D eigenvalue weighted by Gasteiger charge is -2.11. The lowest BCUT2D eigenvalue weighted by Crippen LogP contribution is -2.11. The molecule has 0 saturated heterocycles. The fraction of sp³-hybridized carbons (Fsp3) is 0.0385. The van der Waals surface area contributed by atoms with Gasteiger partial charge in [-0.2, -0.15) is 0 Å². The normalized spacial score (nSPS) is 11.4. The summed E-state index contributed by atoms with van der Waals surface area (Å²) in [6, 6.07) is 17.7. The van der Waals surface area contributed by atoms with E-state index in [1.165, 1.54) is 6.07 Å². The summed E-state index contributed by atoms with van der Waals surface area (Å²) in [7, 11) is 0. The van der Waals surface area contributed by atoms with Crippen molar-refractivity contribution in [1.29, 1.82) is 0 Å². The van der Waals surface area contributed by atoms with Crippen LogP contribution in [0, 0.1) is 17.5 Å². The minimum atomic E-state index is -1.54. The molecule has 5 aromatic rings. The van der Waals surface area contributed by atoms with Gasteiger partial charge in [-0.25, -0.2) is 13.2 Å². The Morgan fingerprint density at radius 3 is 2.41 bits per heavy atom. The SMILES string of the molecule is NC(=O)c1cccc2c1c1ccc(-c3ccc(Cl)cc3Cl)cc1n2Cc1ccc(F)c(F)c1F. The molecule has 0 atom stereocenters. The van der Waals surface area contributed by atoms with Crippen molar-refractivity contribution >= 4 is 50.9 Å². The number of rotatable bonds is 4. The number of halogens is 5. The summed E-state index contributed by atoms with van der Waals surface area (Å²) in [4.78, 5) is 12.2. The highest BCUT2D eigenvalue weighted by atomic mass is 35.5. The molecular weight excluding hydrogens is 484 g/mol. The Balaban J connectivity index is 1.81. The molecule has 0 radical (unpaired) electrons. The van der Waals surface area contributed by atoms with E-state index in [1.54, 1.807) is 41.0 Å². The fourth-order valence-corrected chi connectivity index (χ4v) is 4.79. The Morgan fingerprint density at radius 2 is 1.68 bits per heavy atom. The van der Waals surface area contributed by atoms with Gasteiger partial charge < -0.3 is 10.3 Å². The maximum atomic E-state index is 14.6. The van der Waals surface area contributed by atoms with Crippen molar-refractivity contribution in [3.8, 4) is 11.1 Å². The highest BCUT2D eigenvalue weighted by Crippen LogP contribution is 2.37. The smallest absolute Gasteiger partial charge is 0.249 e. The molecular formula is C26H15Cl2F3N2O. The molecule has 0 saturated carbocycles. The van der Waals surface area contributed by atoms with Gasteiger partial charge in [0.05, 0.1) is 17.6 Å². The third-order valence-corrected chi connectivity index (χ3v) is 6.39. The van der Waals surface area contributed by atoms with E-state index in [9.17, 15) is 18.0 Å². The zero-order chi connectivity index (χ0) is 24.1. The van der Waals surface area contributed by atoms with Crippen LogP contribution in [0.4, 0.5) is 13.2 Å². The molecule has 0 aliphatic heterocycles. The second-order valence-corrected chi connectivity index (χ2v) is 8.68. The van der Waals surface area contributed by atoms with Gasteiger partial charge in [-0.15, -0.1) is 0 Å². The molecule has 0 fully saturated rings. The van der Waals surface area contributed by atoms with Crippen LogP contribution in [-0.4, -0.2) is 10.5 Å². The average Bonchev–Trinajstić information content (AvgIpc) is 3.12. The first-order valence-electron chi connectivity index (χ1n) is 10.2. The average molecular weight is 499 g/mol. The summed E-state index contributed by atoms with van der Waals surface area (Å²) in [5.74, 6) is -4.68. The minimum absolute atomic E-state index is 0.0443. The third-order valence-electron chi connectivity index (χ3n) is 5.84. The van der Waals surface area contributed by atoms with Crippen molar-refractivity contribution in [3.05, 3.63) is 105 Å². The number of aromatic nitrogens is 1. The maximum absolute atomic E-state index is 14.6. The van der Waals surface area contributed by atoms with E-state index in [2.05, 4.69) is 0 Å². The summed E-state index contributed by atoms with van der Waals surface area (Å²) in [5.41, 5.74) is 8.57. The molecule has 170 valence electrons. The molecule has 0 unspecified atom stereocenters. The van der Waals surface area contributed by atoms with E-state index >= 15 is 0 Å². The Hall–Kier alpha value is -3.48. The van der Waals surface area contributed by atoms with Crippen LogP contribution in [0.25, 0.3) is 32.9 Å². The number of fused-ring (bicyclic) bond motifs is 3. The van der Waals surface area contributed by atoms with Crippen LogP contribution < -0.4 is 5.73 Å². The van der Waals surface area contributed by atoms with Crippen LogP contribution >= 0.6 is 23.2 Å². The molecule has 5 rings (SSSR count). The fourth-order valence-electron chi connectivity index (χ4n) is 4.27. The molecule has 4 aromatic carbocycles. The van der Waals surface area contributed by atoms with Crippen molar-refractivity contribution in [3.63, 3.8) is 0 Å². The molecule has 1 aromatic heterocycles. The summed E-state index contributed by atoms with van der Waals surface area (Å²) < 4.78 is 43.7. The summed E-state index contributed by atoms with van der Waals surface area (Å²) in [6.45, 7) is -0.108. The largest absolute Gasteiger partial charge is 0.366 e. The Kier molecular flexibility index (Phi) is 5.50. The second kappa shape index (κ2) is 8.38. The molecule has 3 nitrogen and oxygen atoms in total. The number of hydrogen-bond donors (Lipinski definition) is 1. The Morgan fingerprint density at radius 1 is 0.882 bits per heavy atom. The number of primary amides is 1. The number of carbonyl (C=O) groups is 1. The zero-order valence-corrected chi connectivity index (χ0v) is 18.9. The molecule has 0 bridgehead atoms. The van der Waals surface area contributed by atoms with Crippen LogP contribution in [0.15, 0.2) is 66.7 Å². The first-order valence-corrected chi connectivity index (χ1v) is 10.9. The lowest BCUT2D eigenvalue weighted by molar-refractivity contribution is 0.100. The number of benzene rings is 4. The molecule has 0 aliphatic carbocycles. The van der Waals surface area contributed by atoms with Gasteiger partial charge in [0.1, 0.15) is 0 Å². The van der Waals surface area contributed by atoms with Gasteiger partial charge in [-0.05, 0) is 42.0 Å². The van der Waals surface area contributed by atoms with Crippen molar-refractivity contribution in [2.45, 2.75) is 6.54 Å². The zero-order valence-electron chi connectivity index (χ0n) is 17.4. The van der Waals surface area contributed by atoms with Gasteiger partial charge >= 0.3 is 0 Å². The Labute approximate surface area is 202 Å². The number of nitrogens with two attached hydrogens (primary N) is 1. The number of nitrogens with zero attached hydrogens (tertiary/aromatic N) is 1. The molecule has 0 spiro atoms. The number of carbonyl (C=O) groups excluding carboxylic acids is 1. The Bertz CT molecular complexity index is 1630. The maximum Gasteiger partial charge on any atom is 0.249 e. The predicted molar refractivity (Wildman–Crippen MR) is 129 cm³/mol. The highest BCUT2D eigenvalue weighted by Gasteiger charge is 2.20. The highest BCUT2D eigenvalue weighted by molar-refractivity contribution is 6.36. The van der Waals surface area contributed by atoms with Gasteiger partial charge in [0, 0.05) is 37.5 Å². The van der Waals surface area contributed by atoms with Gasteiger partial charge in [0.2, 0.25) is 5.91 Å². The minimum Gasteiger partial charge on any atom is -0.366 e. The first kappa shape index (κ1) is 22.3. The third kappa shape index (κ3) is 3.59. The predicted octanol–water partition coefficient (Wildman–Crippen LogP) is 7.33. The number of hydrogen-bond acceptors (Lipinski definition) is 1. The van der Waals surface area contributed by atoms with Crippen molar-refractivity contribution in [2.24, 2.45) is 5.73 Å². The van der Waals surface area contributed by atoms with E-state index < -0.39 is 23.4 Å². The molecule has 1 amide bonds. The monoisotopic (exact) mass is 498 g/mol. The first-order chi connectivity index (χ1) is 16.3. The van der Waals surface area contributed by atoms with Gasteiger partial charge in [-0.1, -0.05) is 53.5 Å². The molecule has 2 N–H and O–H groups in total. The summed E-state index contributed by atoms with van der Waals surface area (Å²) in [6.07, 6.45) is 0. The van der Waals surface area contributed by atoms with Crippen molar-refractivity contribution in [1.82, 2.24) is 4.57 Å². The molecule has 1 heterocycles. The van der Waals surface area contributed by atoms with E-state index in [1.807, 2.05) is 18.2 Å². The lowest BCUT2D eigenvalue weighted by atomic mass is 10.0. The van der Waals surface area contributed by atoms with E-state index in [-0.39, 0.29) is 12.1 Å². The van der Waals surface area contributed by atoms with Crippen LogP contribution in [0.3, 0.4) is 0 Å². The second-order valence-electron chi connectivity index (χ2n) is 7.84.